The third-order valence-electron chi connectivity index (χ3n) is 3.40. The minimum atomic E-state index is -0.0500. The number of amides is 1. The average Bonchev–Trinajstić information content (AvgIpc) is 3.26. The molecule has 2 aromatic heterocycles. The molecule has 0 fully saturated rings. The molecular weight excluding hydrogens is 421 g/mol. The van der Waals surface area contributed by atoms with Crippen molar-refractivity contribution < 1.29 is 13.6 Å². The Morgan fingerprint density at radius 2 is 2.00 bits per heavy atom. The molecule has 6 nitrogen and oxygen atoms in total. The highest BCUT2D eigenvalue weighted by molar-refractivity contribution is 14.1. The van der Waals surface area contributed by atoms with E-state index in [1.165, 1.54) is 0 Å². The highest BCUT2D eigenvalue weighted by Crippen LogP contribution is 2.19. The lowest BCUT2D eigenvalue weighted by atomic mass is 10.2. The smallest absolute Gasteiger partial charge is 0.283 e. The maximum absolute atomic E-state index is 12.7. The zero-order valence-electron chi connectivity index (χ0n) is 13.1. The molecule has 0 aliphatic rings. The summed E-state index contributed by atoms with van der Waals surface area (Å²) in [6.45, 7) is 2.91. The molecule has 124 valence electrons. The molecule has 0 saturated heterocycles. The topological polar surface area (TPSA) is 72.4 Å². The quantitative estimate of drug-likeness (QED) is 0.546. The van der Waals surface area contributed by atoms with Crippen molar-refractivity contribution in [2.75, 3.05) is 6.54 Å². The lowest BCUT2D eigenvalue weighted by Crippen LogP contribution is -2.31. The van der Waals surface area contributed by atoms with Crippen LogP contribution in [0.4, 0.5) is 0 Å². The van der Waals surface area contributed by atoms with E-state index < -0.39 is 0 Å². The number of hydrogen-bond acceptors (Lipinski definition) is 5. The molecule has 7 heteroatoms. The van der Waals surface area contributed by atoms with Crippen LogP contribution in [0.1, 0.15) is 29.6 Å². The molecule has 1 aromatic carbocycles. The molecule has 2 heterocycles. The van der Waals surface area contributed by atoms with E-state index in [0.717, 1.165) is 9.99 Å². The van der Waals surface area contributed by atoms with Gasteiger partial charge in [-0.25, -0.2) is 0 Å². The van der Waals surface area contributed by atoms with E-state index in [-0.39, 0.29) is 12.5 Å². The largest absolute Gasteiger partial charge is 0.459 e. The van der Waals surface area contributed by atoms with Crippen LogP contribution in [-0.2, 0) is 6.54 Å². The van der Waals surface area contributed by atoms with E-state index in [2.05, 4.69) is 32.8 Å². The van der Waals surface area contributed by atoms with Gasteiger partial charge in [-0.15, -0.1) is 10.2 Å². The van der Waals surface area contributed by atoms with Gasteiger partial charge in [-0.05, 0) is 65.4 Å². The molecule has 0 aliphatic heterocycles. The van der Waals surface area contributed by atoms with E-state index in [1.54, 1.807) is 23.3 Å². The van der Waals surface area contributed by atoms with Crippen LogP contribution < -0.4 is 0 Å². The maximum Gasteiger partial charge on any atom is 0.283 e. The molecule has 0 saturated carbocycles. The monoisotopic (exact) mass is 437 g/mol. The van der Waals surface area contributed by atoms with Gasteiger partial charge >= 0.3 is 0 Å². The minimum absolute atomic E-state index is 0.0500. The van der Waals surface area contributed by atoms with Crippen LogP contribution in [0.15, 0.2) is 51.5 Å². The summed E-state index contributed by atoms with van der Waals surface area (Å²) >= 11 is 2.21. The van der Waals surface area contributed by atoms with E-state index in [1.807, 2.05) is 31.2 Å². The van der Waals surface area contributed by atoms with Crippen molar-refractivity contribution in [3.63, 3.8) is 0 Å². The van der Waals surface area contributed by atoms with Gasteiger partial charge in [-0.1, -0.05) is 6.92 Å². The van der Waals surface area contributed by atoms with Crippen LogP contribution in [0.5, 0.6) is 0 Å². The Morgan fingerprint density at radius 3 is 2.67 bits per heavy atom. The van der Waals surface area contributed by atoms with Crippen LogP contribution in [0.25, 0.3) is 11.7 Å². The number of halogens is 1. The number of furan rings is 1. The predicted molar refractivity (Wildman–Crippen MR) is 96.2 cm³/mol. The van der Waals surface area contributed by atoms with Crippen molar-refractivity contribution in [3.8, 4) is 11.7 Å². The summed E-state index contributed by atoms with van der Waals surface area (Å²) in [5, 5.41) is 7.98. The first-order valence-corrected chi connectivity index (χ1v) is 8.66. The first-order chi connectivity index (χ1) is 11.7. The fraction of sp³-hybridized carbons (Fsp3) is 0.235. The third kappa shape index (κ3) is 3.84. The third-order valence-corrected chi connectivity index (χ3v) is 4.12. The molecule has 0 radical (unpaired) electrons. The van der Waals surface area contributed by atoms with E-state index in [4.69, 9.17) is 8.83 Å². The molecule has 1 amide bonds. The summed E-state index contributed by atoms with van der Waals surface area (Å²) in [5.41, 5.74) is 0.648. The Bertz CT molecular complexity index is 797. The molecule has 0 unspecified atom stereocenters. The van der Waals surface area contributed by atoms with Crippen molar-refractivity contribution in [1.29, 1.82) is 0 Å². The van der Waals surface area contributed by atoms with Crippen LogP contribution in [0.2, 0.25) is 0 Å². The van der Waals surface area contributed by atoms with Crippen molar-refractivity contribution in [2.45, 2.75) is 19.9 Å². The van der Waals surface area contributed by atoms with Gasteiger partial charge in [0, 0.05) is 15.7 Å². The van der Waals surface area contributed by atoms with Crippen LogP contribution in [0, 0.1) is 3.57 Å². The number of carbonyl (C=O) groups excluding carboxylic acids is 1. The van der Waals surface area contributed by atoms with Crippen molar-refractivity contribution >= 4 is 28.5 Å². The number of nitrogens with zero attached hydrogens (tertiary/aromatic N) is 3. The Morgan fingerprint density at radius 1 is 1.21 bits per heavy atom. The van der Waals surface area contributed by atoms with Gasteiger partial charge in [0.05, 0.1) is 12.8 Å². The molecular formula is C17H16IN3O3. The summed E-state index contributed by atoms with van der Waals surface area (Å²) in [6.07, 6.45) is 2.39. The maximum atomic E-state index is 12.7. The van der Waals surface area contributed by atoms with Crippen LogP contribution in [0.3, 0.4) is 0 Å². The van der Waals surface area contributed by atoms with Crippen molar-refractivity contribution in [3.05, 3.63) is 57.7 Å². The number of hydrogen-bond donors (Lipinski definition) is 0. The minimum Gasteiger partial charge on any atom is -0.459 e. The van der Waals surface area contributed by atoms with Gasteiger partial charge in [0.25, 0.3) is 11.8 Å². The predicted octanol–water partition coefficient (Wildman–Crippen LogP) is 3.99. The second-order valence-corrected chi connectivity index (χ2v) is 6.46. The summed E-state index contributed by atoms with van der Waals surface area (Å²) in [6, 6.07) is 11.0. The molecule has 0 spiro atoms. The Kier molecular flexibility index (Phi) is 5.29. The highest BCUT2D eigenvalue weighted by Gasteiger charge is 2.19. The number of rotatable bonds is 6. The molecule has 3 rings (SSSR count). The zero-order chi connectivity index (χ0) is 16.9. The lowest BCUT2D eigenvalue weighted by Gasteiger charge is -2.20. The fourth-order valence-electron chi connectivity index (χ4n) is 2.28. The molecule has 0 aliphatic carbocycles. The highest BCUT2D eigenvalue weighted by atomic mass is 127. The summed E-state index contributed by atoms with van der Waals surface area (Å²) in [5.74, 6) is 1.16. The van der Waals surface area contributed by atoms with Crippen molar-refractivity contribution in [2.24, 2.45) is 0 Å². The number of carbonyl (C=O) groups is 1. The van der Waals surface area contributed by atoms with Gasteiger partial charge in [0.15, 0.2) is 5.76 Å². The normalized spacial score (nSPS) is 10.8. The Labute approximate surface area is 153 Å². The van der Waals surface area contributed by atoms with Crippen LogP contribution >= 0.6 is 22.6 Å². The van der Waals surface area contributed by atoms with E-state index >= 15 is 0 Å². The van der Waals surface area contributed by atoms with Crippen LogP contribution in [-0.4, -0.2) is 27.5 Å². The van der Waals surface area contributed by atoms with Gasteiger partial charge < -0.3 is 13.7 Å². The Hall–Kier alpha value is -2.16. The molecule has 0 bridgehead atoms. The average molecular weight is 437 g/mol. The standard InChI is InChI=1S/C17H16IN3O3/c1-2-9-21(17(22)12-5-7-13(18)8-6-12)11-15-19-20-16(24-15)14-4-3-10-23-14/h3-8,10H,2,9,11H2,1H3. The molecule has 0 N–H and O–H groups in total. The van der Waals surface area contributed by atoms with Crippen molar-refractivity contribution in [1.82, 2.24) is 15.1 Å². The molecule has 0 atom stereocenters. The lowest BCUT2D eigenvalue weighted by molar-refractivity contribution is 0.0728. The van der Waals surface area contributed by atoms with Gasteiger partial charge in [0.2, 0.25) is 5.89 Å². The van der Waals surface area contributed by atoms with E-state index in [9.17, 15) is 4.79 Å². The summed E-state index contributed by atoms with van der Waals surface area (Å²) in [7, 11) is 0. The Balaban J connectivity index is 1.76. The summed E-state index contributed by atoms with van der Waals surface area (Å²) in [4.78, 5) is 14.4. The molecule has 24 heavy (non-hydrogen) atoms. The van der Waals surface area contributed by atoms with Gasteiger partial charge in [-0.2, -0.15) is 0 Å². The first kappa shape index (κ1) is 16.7. The second-order valence-electron chi connectivity index (χ2n) is 5.21. The van der Waals surface area contributed by atoms with Gasteiger partial charge in [-0.3, -0.25) is 4.79 Å². The molecule has 3 aromatic rings. The van der Waals surface area contributed by atoms with Gasteiger partial charge in [0.1, 0.15) is 0 Å². The first-order valence-electron chi connectivity index (χ1n) is 7.58. The number of aromatic nitrogens is 2. The van der Waals surface area contributed by atoms with E-state index in [0.29, 0.717) is 29.6 Å². The second kappa shape index (κ2) is 7.61. The summed E-state index contributed by atoms with van der Waals surface area (Å²) < 4.78 is 11.9. The SMILES string of the molecule is CCCN(Cc1nnc(-c2ccco2)o1)C(=O)c1ccc(I)cc1. The number of benzene rings is 1. The fourth-order valence-corrected chi connectivity index (χ4v) is 2.64. The zero-order valence-corrected chi connectivity index (χ0v) is 15.3.